The van der Waals surface area contributed by atoms with Crippen LogP contribution in [0.3, 0.4) is 0 Å². The number of aromatic nitrogens is 3. The fourth-order valence-corrected chi connectivity index (χ4v) is 3.56. The number of nitrogens with zero attached hydrogens (tertiary/aromatic N) is 3. The zero-order valence-electron chi connectivity index (χ0n) is 10.6. The molecule has 1 aliphatic rings. The molecule has 1 saturated carbocycles. The average Bonchev–Trinajstić information content (AvgIpc) is 2.96. The van der Waals surface area contributed by atoms with Gasteiger partial charge in [-0.1, -0.05) is 31.5 Å². The van der Waals surface area contributed by atoms with Gasteiger partial charge in [0.1, 0.15) is 5.82 Å². The van der Waals surface area contributed by atoms with Gasteiger partial charge in [-0.05, 0) is 25.2 Å². The van der Waals surface area contributed by atoms with E-state index in [0.717, 1.165) is 29.9 Å². The molecule has 4 nitrogen and oxygen atoms in total. The summed E-state index contributed by atoms with van der Waals surface area (Å²) in [6.07, 6.45) is 6.68. The standard InChI is InChI=1S/C12H22N4S/c1-2-7-16-11(8-13)14-15-12(16)17-9-10-5-3-4-6-10/h10H,2-9,13H2,1H3. The van der Waals surface area contributed by atoms with Gasteiger partial charge in [-0.2, -0.15) is 0 Å². The zero-order chi connectivity index (χ0) is 12.1. The summed E-state index contributed by atoms with van der Waals surface area (Å²) >= 11 is 1.85. The molecule has 0 aliphatic heterocycles. The molecule has 2 N–H and O–H groups in total. The largest absolute Gasteiger partial charge is 0.324 e. The molecule has 0 spiro atoms. The number of hydrogen-bond acceptors (Lipinski definition) is 4. The predicted octanol–water partition coefficient (Wildman–Crippen LogP) is 2.43. The maximum Gasteiger partial charge on any atom is 0.191 e. The third-order valence-corrected chi connectivity index (χ3v) is 4.54. The lowest BCUT2D eigenvalue weighted by Crippen LogP contribution is -2.09. The summed E-state index contributed by atoms with van der Waals surface area (Å²) in [6.45, 7) is 3.63. The first-order chi connectivity index (χ1) is 8.35. The molecule has 0 atom stereocenters. The summed E-state index contributed by atoms with van der Waals surface area (Å²) in [7, 11) is 0. The van der Waals surface area contributed by atoms with Crippen molar-refractivity contribution in [3.05, 3.63) is 5.82 Å². The molecular formula is C12H22N4S. The Balaban J connectivity index is 1.96. The minimum absolute atomic E-state index is 0.483. The van der Waals surface area contributed by atoms with Crippen LogP contribution in [0.5, 0.6) is 0 Å². The van der Waals surface area contributed by atoms with Crippen molar-refractivity contribution in [3.63, 3.8) is 0 Å². The SMILES string of the molecule is CCCn1c(CN)nnc1SCC1CCCC1. The molecule has 1 heterocycles. The number of hydrogen-bond donors (Lipinski definition) is 1. The molecule has 0 bridgehead atoms. The van der Waals surface area contributed by atoms with E-state index in [2.05, 4.69) is 21.7 Å². The molecule has 0 saturated heterocycles. The highest BCUT2D eigenvalue weighted by atomic mass is 32.2. The molecule has 1 aromatic rings. The zero-order valence-corrected chi connectivity index (χ0v) is 11.4. The van der Waals surface area contributed by atoms with Crippen molar-refractivity contribution >= 4 is 11.8 Å². The van der Waals surface area contributed by atoms with Crippen molar-refractivity contribution in [3.8, 4) is 0 Å². The second-order valence-electron chi connectivity index (χ2n) is 4.72. The fraction of sp³-hybridized carbons (Fsp3) is 0.833. The fourth-order valence-electron chi connectivity index (χ4n) is 2.39. The molecule has 0 radical (unpaired) electrons. The Morgan fingerprint density at radius 3 is 2.76 bits per heavy atom. The average molecular weight is 254 g/mol. The van der Waals surface area contributed by atoms with Crippen LogP contribution in [0.25, 0.3) is 0 Å². The molecule has 0 aromatic carbocycles. The van der Waals surface area contributed by atoms with Gasteiger partial charge in [0.15, 0.2) is 5.16 Å². The summed E-state index contributed by atoms with van der Waals surface area (Å²) < 4.78 is 2.18. The normalized spacial score (nSPS) is 16.8. The van der Waals surface area contributed by atoms with E-state index in [0.29, 0.717) is 6.54 Å². The van der Waals surface area contributed by atoms with Crippen molar-refractivity contribution in [1.29, 1.82) is 0 Å². The van der Waals surface area contributed by atoms with Crippen LogP contribution in [-0.4, -0.2) is 20.5 Å². The summed E-state index contributed by atoms with van der Waals surface area (Å²) in [5.41, 5.74) is 5.68. The minimum atomic E-state index is 0.483. The van der Waals surface area contributed by atoms with Gasteiger partial charge < -0.3 is 10.3 Å². The van der Waals surface area contributed by atoms with E-state index in [1.165, 1.54) is 31.4 Å². The van der Waals surface area contributed by atoms with Crippen LogP contribution in [0.15, 0.2) is 5.16 Å². The molecule has 5 heteroatoms. The Bertz CT molecular complexity index is 344. The van der Waals surface area contributed by atoms with E-state index < -0.39 is 0 Å². The summed E-state index contributed by atoms with van der Waals surface area (Å²) in [5, 5.41) is 9.48. The maximum atomic E-state index is 5.68. The van der Waals surface area contributed by atoms with Gasteiger partial charge in [0.05, 0.1) is 6.54 Å². The van der Waals surface area contributed by atoms with Gasteiger partial charge in [-0.15, -0.1) is 10.2 Å². The topological polar surface area (TPSA) is 56.7 Å². The van der Waals surface area contributed by atoms with Gasteiger partial charge in [0, 0.05) is 12.3 Å². The summed E-state index contributed by atoms with van der Waals surface area (Å²) in [4.78, 5) is 0. The maximum absolute atomic E-state index is 5.68. The highest BCUT2D eigenvalue weighted by Crippen LogP contribution is 2.30. The number of thioether (sulfide) groups is 1. The van der Waals surface area contributed by atoms with Crippen molar-refractivity contribution in [2.75, 3.05) is 5.75 Å². The van der Waals surface area contributed by atoms with Crippen LogP contribution < -0.4 is 5.73 Å². The van der Waals surface area contributed by atoms with Crippen LogP contribution in [0.1, 0.15) is 44.9 Å². The van der Waals surface area contributed by atoms with Crippen LogP contribution in [0, 0.1) is 5.92 Å². The van der Waals surface area contributed by atoms with E-state index in [-0.39, 0.29) is 0 Å². The van der Waals surface area contributed by atoms with Crippen molar-refractivity contribution in [2.45, 2.75) is 57.3 Å². The van der Waals surface area contributed by atoms with E-state index in [1.54, 1.807) is 0 Å². The van der Waals surface area contributed by atoms with Crippen LogP contribution >= 0.6 is 11.8 Å². The first-order valence-electron chi connectivity index (χ1n) is 6.60. The second kappa shape index (κ2) is 6.40. The lowest BCUT2D eigenvalue weighted by molar-refractivity contribution is 0.587. The second-order valence-corrected chi connectivity index (χ2v) is 5.70. The minimum Gasteiger partial charge on any atom is -0.324 e. The van der Waals surface area contributed by atoms with Crippen LogP contribution in [-0.2, 0) is 13.1 Å². The van der Waals surface area contributed by atoms with E-state index in [1.807, 2.05) is 11.8 Å². The van der Waals surface area contributed by atoms with Crippen molar-refractivity contribution in [1.82, 2.24) is 14.8 Å². The molecule has 0 unspecified atom stereocenters. The van der Waals surface area contributed by atoms with Gasteiger partial charge >= 0.3 is 0 Å². The highest BCUT2D eigenvalue weighted by molar-refractivity contribution is 7.99. The van der Waals surface area contributed by atoms with Gasteiger partial charge in [-0.3, -0.25) is 0 Å². The first-order valence-corrected chi connectivity index (χ1v) is 7.58. The molecule has 0 amide bonds. The third kappa shape index (κ3) is 3.22. The molecule has 1 aliphatic carbocycles. The Kier molecular flexibility index (Phi) is 4.86. The van der Waals surface area contributed by atoms with Gasteiger partial charge in [-0.25, -0.2) is 0 Å². The molecule has 96 valence electrons. The molecule has 2 rings (SSSR count). The van der Waals surface area contributed by atoms with Crippen LogP contribution in [0.2, 0.25) is 0 Å². The van der Waals surface area contributed by atoms with Crippen molar-refractivity contribution in [2.24, 2.45) is 11.7 Å². The predicted molar refractivity (Wildman–Crippen MR) is 70.9 cm³/mol. The Morgan fingerprint density at radius 2 is 2.12 bits per heavy atom. The Hall–Kier alpha value is -0.550. The Morgan fingerprint density at radius 1 is 1.35 bits per heavy atom. The molecule has 17 heavy (non-hydrogen) atoms. The van der Waals surface area contributed by atoms with E-state index >= 15 is 0 Å². The lowest BCUT2D eigenvalue weighted by Gasteiger charge is -2.10. The van der Waals surface area contributed by atoms with Crippen LogP contribution in [0.4, 0.5) is 0 Å². The summed E-state index contributed by atoms with van der Waals surface area (Å²) in [6, 6.07) is 0. The lowest BCUT2D eigenvalue weighted by atomic mass is 10.1. The van der Waals surface area contributed by atoms with Gasteiger partial charge in [0.25, 0.3) is 0 Å². The molecule has 1 fully saturated rings. The first kappa shape index (κ1) is 12.9. The smallest absolute Gasteiger partial charge is 0.191 e. The molecular weight excluding hydrogens is 232 g/mol. The Labute approximate surface area is 107 Å². The number of nitrogens with two attached hydrogens (primary N) is 1. The van der Waals surface area contributed by atoms with E-state index in [9.17, 15) is 0 Å². The van der Waals surface area contributed by atoms with E-state index in [4.69, 9.17) is 5.73 Å². The molecule has 1 aromatic heterocycles. The monoisotopic (exact) mass is 254 g/mol. The van der Waals surface area contributed by atoms with Gasteiger partial charge in [0.2, 0.25) is 0 Å². The van der Waals surface area contributed by atoms with Crippen molar-refractivity contribution < 1.29 is 0 Å². The quantitative estimate of drug-likeness (QED) is 0.792. The number of rotatable bonds is 6. The summed E-state index contributed by atoms with van der Waals surface area (Å²) in [5.74, 6) is 2.99. The third-order valence-electron chi connectivity index (χ3n) is 3.35. The highest BCUT2D eigenvalue weighted by Gasteiger charge is 2.17.